The molecule has 0 bridgehead atoms. The molecule has 0 saturated carbocycles. The summed E-state index contributed by atoms with van der Waals surface area (Å²) >= 11 is 0. The number of aliphatic hydroxyl groups excluding tert-OH is 1. The van der Waals surface area contributed by atoms with Crippen molar-refractivity contribution < 1.29 is 14.7 Å². The summed E-state index contributed by atoms with van der Waals surface area (Å²) < 4.78 is 0. The van der Waals surface area contributed by atoms with E-state index in [9.17, 15) is 14.7 Å². The van der Waals surface area contributed by atoms with E-state index >= 15 is 0 Å². The highest BCUT2D eigenvalue weighted by Gasteiger charge is 2.31. The summed E-state index contributed by atoms with van der Waals surface area (Å²) in [4.78, 5) is 25.3. The summed E-state index contributed by atoms with van der Waals surface area (Å²) in [6.45, 7) is 3.74. The van der Waals surface area contributed by atoms with E-state index < -0.39 is 6.23 Å². The van der Waals surface area contributed by atoms with Crippen LogP contribution in [-0.2, 0) is 0 Å². The minimum absolute atomic E-state index is 0.0162. The zero-order valence-corrected chi connectivity index (χ0v) is 12.5. The van der Waals surface area contributed by atoms with E-state index in [1.54, 1.807) is 42.5 Å². The number of anilines is 1. The molecular weight excluding hydrogens is 278 g/mol. The Bertz CT molecular complexity index is 765. The van der Waals surface area contributed by atoms with Crippen molar-refractivity contribution in [2.75, 3.05) is 5.32 Å². The number of rotatable bonds is 3. The van der Waals surface area contributed by atoms with Crippen LogP contribution in [0.2, 0.25) is 0 Å². The average molecular weight is 295 g/mol. The molecule has 2 aromatic carbocycles. The van der Waals surface area contributed by atoms with Gasteiger partial charge in [0.1, 0.15) is 6.23 Å². The van der Waals surface area contributed by atoms with Crippen molar-refractivity contribution in [1.29, 1.82) is 0 Å². The normalized spacial score (nSPS) is 14.5. The van der Waals surface area contributed by atoms with Gasteiger partial charge in [-0.3, -0.25) is 9.59 Å². The Labute approximate surface area is 128 Å². The molecule has 0 amide bonds. The first-order valence-corrected chi connectivity index (χ1v) is 7.26. The minimum atomic E-state index is -0.786. The molecule has 4 nitrogen and oxygen atoms in total. The fourth-order valence-electron chi connectivity index (χ4n) is 2.59. The van der Waals surface area contributed by atoms with Crippen molar-refractivity contribution in [3.63, 3.8) is 0 Å². The molecule has 0 spiro atoms. The van der Waals surface area contributed by atoms with Gasteiger partial charge in [0.2, 0.25) is 0 Å². The number of benzene rings is 2. The van der Waals surface area contributed by atoms with Gasteiger partial charge in [-0.2, -0.15) is 0 Å². The maximum absolute atomic E-state index is 12.8. The Morgan fingerprint density at radius 3 is 2.09 bits per heavy atom. The molecular formula is C18H17NO3. The van der Waals surface area contributed by atoms with Crippen LogP contribution in [0.3, 0.4) is 0 Å². The molecule has 2 N–H and O–H groups in total. The lowest BCUT2D eigenvalue weighted by atomic mass is 9.83. The van der Waals surface area contributed by atoms with Gasteiger partial charge in [0.15, 0.2) is 11.6 Å². The van der Waals surface area contributed by atoms with Crippen LogP contribution >= 0.6 is 0 Å². The van der Waals surface area contributed by atoms with Crippen LogP contribution in [0.25, 0.3) is 0 Å². The summed E-state index contributed by atoms with van der Waals surface area (Å²) in [6.07, 6.45) is -0.786. The third kappa shape index (κ3) is 2.22. The number of ketones is 2. The van der Waals surface area contributed by atoms with Gasteiger partial charge < -0.3 is 10.4 Å². The van der Waals surface area contributed by atoms with Crippen molar-refractivity contribution in [3.8, 4) is 0 Å². The fraction of sp³-hybridized carbons (Fsp3) is 0.222. The molecule has 0 fully saturated rings. The highest BCUT2D eigenvalue weighted by Crippen LogP contribution is 2.32. The van der Waals surface area contributed by atoms with Crippen LogP contribution in [0.5, 0.6) is 0 Å². The van der Waals surface area contributed by atoms with Gasteiger partial charge in [-0.25, -0.2) is 0 Å². The topological polar surface area (TPSA) is 66.4 Å². The molecule has 2 aromatic rings. The Morgan fingerprint density at radius 1 is 0.864 bits per heavy atom. The number of hydrogen-bond acceptors (Lipinski definition) is 4. The van der Waals surface area contributed by atoms with E-state index in [4.69, 9.17) is 0 Å². The number of nitrogens with one attached hydrogen (secondary N) is 1. The molecule has 1 aliphatic rings. The summed E-state index contributed by atoms with van der Waals surface area (Å²) in [5, 5.41) is 13.0. The van der Waals surface area contributed by atoms with Crippen LogP contribution in [0.15, 0.2) is 42.5 Å². The summed E-state index contributed by atoms with van der Waals surface area (Å²) in [7, 11) is 0. The van der Waals surface area contributed by atoms with Gasteiger partial charge in [0, 0.05) is 22.4 Å². The largest absolute Gasteiger partial charge is 0.374 e. The molecule has 0 heterocycles. The van der Waals surface area contributed by atoms with Crippen molar-refractivity contribution >= 4 is 17.3 Å². The van der Waals surface area contributed by atoms with Gasteiger partial charge in [-0.05, 0) is 12.0 Å². The fourth-order valence-corrected chi connectivity index (χ4v) is 2.59. The number of carbonyl (C=O) groups is 2. The first-order valence-electron chi connectivity index (χ1n) is 7.26. The lowest BCUT2D eigenvalue weighted by Crippen LogP contribution is -2.28. The first kappa shape index (κ1) is 14.5. The summed E-state index contributed by atoms with van der Waals surface area (Å²) in [5.74, 6) is -0.366. The number of aliphatic hydroxyl groups is 1. The van der Waals surface area contributed by atoms with Gasteiger partial charge in [0.05, 0.1) is 5.56 Å². The van der Waals surface area contributed by atoms with E-state index in [1.807, 2.05) is 13.8 Å². The van der Waals surface area contributed by atoms with Crippen LogP contribution < -0.4 is 5.32 Å². The van der Waals surface area contributed by atoms with Gasteiger partial charge in [0.25, 0.3) is 0 Å². The second-order valence-electron chi connectivity index (χ2n) is 5.77. The predicted molar refractivity (Wildman–Crippen MR) is 84.2 cm³/mol. The third-order valence-electron chi connectivity index (χ3n) is 3.89. The van der Waals surface area contributed by atoms with Crippen molar-refractivity contribution in [2.24, 2.45) is 5.92 Å². The zero-order valence-electron chi connectivity index (χ0n) is 12.5. The second-order valence-corrected chi connectivity index (χ2v) is 5.77. The van der Waals surface area contributed by atoms with E-state index in [2.05, 4.69) is 5.32 Å². The Hall–Kier alpha value is -2.46. The average Bonchev–Trinajstić information content (AvgIpc) is 2.52. The number of fused-ring (bicyclic) bond motifs is 2. The molecule has 4 heteroatoms. The zero-order chi connectivity index (χ0) is 15.9. The molecule has 0 saturated heterocycles. The van der Waals surface area contributed by atoms with Gasteiger partial charge in [-0.15, -0.1) is 0 Å². The number of carbonyl (C=O) groups excluding carboxylic acids is 2. The Balaban J connectivity index is 2.13. The van der Waals surface area contributed by atoms with Crippen LogP contribution in [-0.4, -0.2) is 22.9 Å². The second kappa shape index (κ2) is 5.39. The molecule has 112 valence electrons. The van der Waals surface area contributed by atoms with Crippen molar-refractivity contribution in [1.82, 2.24) is 0 Å². The molecule has 3 rings (SSSR count). The lowest BCUT2D eigenvalue weighted by Gasteiger charge is -2.23. The van der Waals surface area contributed by atoms with E-state index in [1.165, 1.54) is 0 Å². The Morgan fingerprint density at radius 2 is 1.45 bits per heavy atom. The maximum Gasteiger partial charge on any atom is 0.196 e. The minimum Gasteiger partial charge on any atom is -0.374 e. The maximum atomic E-state index is 12.8. The van der Waals surface area contributed by atoms with E-state index in [0.29, 0.717) is 27.9 Å². The van der Waals surface area contributed by atoms with Gasteiger partial charge >= 0.3 is 0 Å². The molecule has 0 aliphatic heterocycles. The number of hydrogen-bond donors (Lipinski definition) is 2. The molecule has 0 radical (unpaired) electrons. The molecule has 1 unspecified atom stereocenters. The Kier molecular flexibility index (Phi) is 3.54. The molecule has 0 aromatic heterocycles. The standard InChI is InChI=1S/C18H17NO3/c1-10(2)18(22)19-14-9-5-8-13-15(14)17(21)12-7-4-3-6-11(12)16(13)20/h3-10,18-19,22H,1-2H3. The van der Waals surface area contributed by atoms with Gasteiger partial charge in [-0.1, -0.05) is 50.2 Å². The monoisotopic (exact) mass is 295 g/mol. The highest BCUT2D eigenvalue weighted by molar-refractivity contribution is 6.30. The SMILES string of the molecule is CC(C)C(O)Nc1cccc2c1C(=O)c1ccccc1C2=O. The third-order valence-corrected chi connectivity index (χ3v) is 3.89. The van der Waals surface area contributed by atoms with Crippen LogP contribution in [0.1, 0.15) is 45.7 Å². The van der Waals surface area contributed by atoms with Crippen molar-refractivity contribution in [2.45, 2.75) is 20.1 Å². The van der Waals surface area contributed by atoms with Crippen LogP contribution in [0.4, 0.5) is 5.69 Å². The molecule has 22 heavy (non-hydrogen) atoms. The molecule has 1 aliphatic carbocycles. The van der Waals surface area contributed by atoms with Crippen molar-refractivity contribution in [3.05, 3.63) is 64.7 Å². The van der Waals surface area contributed by atoms with Crippen LogP contribution in [0, 0.1) is 5.92 Å². The summed E-state index contributed by atoms with van der Waals surface area (Å²) in [6, 6.07) is 11.9. The van der Waals surface area contributed by atoms with E-state index in [-0.39, 0.29) is 17.5 Å². The van der Waals surface area contributed by atoms with E-state index in [0.717, 1.165) is 0 Å². The first-order chi connectivity index (χ1) is 10.5. The summed E-state index contributed by atoms with van der Waals surface area (Å²) in [5.41, 5.74) is 2.05. The predicted octanol–water partition coefficient (Wildman–Crippen LogP) is 2.85. The lowest BCUT2D eigenvalue weighted by molar-refractivity contribution is 0.0979. The smallest absolute Gasteiger partial charge is 0.196 e. The quantitative estimate of drug-likeness (QED) is 0.729. The highest BCUT2D eigenvalue weighted by atomic mass is 16.3. The molecule has 1 atom stereocenters.